The van der Waals surface area contributed by atoms with E-state index < -0.39 is 0 Å². The number of nitrogens with two attached hydrogens (primary N) is 1. The van der Waals surface area contributed by atoms with E-state index in [1.807, 2.05) is 18.2 Å². The summed E-state index contributed by atoms with van der Waals surface area (Å²) in [6, 6.07) is 18.3. The van der Waals surface area contributed by atoms with Crippen molar-refractivity contribution < 1.29 is 9.84 Å². The number of aromatic hydroxyl groups is 1. The first-order chi connectivity index (χ1) is 18.2. The van der Waals surface area contributed by atoms with Crippen LogP contribution in [0, 0.1) is 0 Å². The molecule has 3 aliphatic rings. The first-order valence-electron chi connectivity index (χ1n) is 13.3. The Morgan fingerprint density at radius 3 is 2.46 bits per heavy atom. The quantitative estimate of drug-likeness (QED) is 0.451. The Kier molecular flexibility index (Phi) is 6.72. The molecule has 194 valence electrons. The van der Waals surface area contributed by atoms with E-state index in [2.05, 4.69) is 54.5 Å². The number of hydrogen-bond acceptors (Lipinski definition) is 9. The molecule has 4 N–H and O–H groups in total. The van der Waals surface area contributed by atoms with Crippen molar-refractivity contribution in [2.24, 2.45) is 0 Å². The minimum atomic E-state index is 0.186. The lowest BCUT2D eigenvalue weighted by atomic mass is 10.1. The number of nitrogen functional groups attached to an aromatic ring is 1. The number of anilines is 3. The van der Waals surface area contributed by atoms with Crippen LogP contribution in [0.25, 0.3) is 11.3 Å². The molecule has 0 amide bonds. The fourth-order valence-corrected chi connectivity index (χ4v) is 5.97. The van der Waals surface area contributed by atoms with Gasteiger partial charge in [0.1, 0.15) is 18.1 Å². The third kappa shape index (κ3) is 4.89. The number of para-hydroxylation sites is 3. The highest BCUT2D eigenvalue weighted by Crippen LogP contribution is 2.42. The monoisotopic (exact) mass is 501 g/mol. The first-order valence-corrected chi connectivity index (χ1v) is 13.3. The number of rotatable bonds is 7. The lowest BCUT2D eigenvalue weighted by Crippen LogP contribution is -2.54. The molecule has 0 spiro atoms. The second-order valence-electron chi connectivity index (χ2n) is 10.1. The SMILES string of the molecule is Nc1nnc(-c2ccccc2O)cc1N1CC2CCC(C1)N2c1ccccc1OCCN1CCNCC1. The molecule has 2 bridgehead atoms. The van der Waals surface area contributed by atoms with Crippen LogP contribution in [-0.4, -0.2) is 84.7 Å². The maximum atomic E-state index is 10.3. The lowest BCUT2D eigenvalue weighted by molar-refractivity contribution is 0.191. The molecule has 3 fully saturated rings. The van der Waals surface area contributed by atoms with E-state index in [-0.39, 0.29) is 5.75 Å². The summed E-state index contributed by atoms with van der Waals surface area (Å²) in [5, 5.41) is 22.2. The van der Waals surface area contributed by atoms with E-state index in [0.717, 1.165) is 70.1 Å². The molecule has 0 saturated carbocycles. The van der Waals surface area contributed by atoms with Gasteiger partial charge in [0.2, 0.25) is 0 Å². The molecular formula is C28H35N7O2. The zero-order valence-corrected chi connectivity index (χ0v) is 21.1. The maximum Gasteiger partial charge on any atom is 0.169 e. The minimum Gasteiger partial charge on any atom is -0.507 e. The fourth-order valence-electron chi connectivity index (χ4n) is 5.97. The molecule has 3 aromatic rings. The highest BCUT2D eigenvalue weighted by Gasteiger charge is 2.41. The molecule has 2 aromatic carbocycles. The van der Waals surface area contributed by atoms with E-state index in [1.165, 1.54) is 5.69 Å². The number of hydrogen-bond donors (Lipinski definition) is 3. The Labute approximate surface area is 217 Å². The maximum absolute atomic E-state index is 10.3. The summed E-state index contributed by atoms with van der Waals surface area (Å²) in [5.74, 6) is 1.57. The summed E-state index contributed by atoms with van der Waals surface area (Å²) < 4.78 is 6.34. The number of nitrogens with zero attached hydrogens (tertiary/aromatic N) is 5. The molecule has 6 rings (SSSR count). The molecule has 0 aliphatic carbocycles. The molecule has 2 unspecified atom stereocenters. The number of benzene rings is 2. The molecule has 2 atom stereocenters. The Balaban J connectivity index is 1.18. The smallest absolute Gasteiger partial charge is 0.169 e. The van der Waals surface area contributed by atoms with Gasteiger partial charge in [-0.2, -0.15) is 0 Å². The van der Waals surface area contributed by atoms with Gasteiger partial charge in [-0.25, -0.2) is 0 Å². The normalized spacial score (nSPS) is 21.8. The second-order valence-corrected chi connectivity index (χ2v) is 10.1. The number of aromatic nitrogens is 2. The number of piperazine rings is 2. The van der Waals surface area contributed by atoms with Crippen LogP contribution >= 0.6 is 0 Å². The summed E-state index contributed by atoms with van der Waals surface area (Å²) in [6.07, 6.45) is 2.25. The Morgan fingerprint density at radius 1 is 0.946 bits per heavy atom. The summed E-state index contributed by atoms with van der Waals surface area (Å²) >= 11 is 0. The average molecular weight is 502 g/mol. The Hall–Kier alpha value is -3.56. The van der Waals surface area contributed by atoms with Crippen LogP contribution in [0.5, 0.6) is 11.5 Å². The third-order valence-corrected chi connectivity index (χ3v) is 7.82. The topological polar surface area (TPSA) is 103 Å². The van der Waals surface area contributed by atoms with Gasteiger partial charge >= 0.3 is 0 Å². The minimum absolute atomic E-state index is 0.186. The molecule has 9 nitrogen and oxygen atoms in total. The van der Waals surface area contributed by atoms with Crippen LogP contribution in [-0.2, 0) is 0 Å². The van der Waals surface area contributed by atoms with Gasteiger partial charge in [-0.05, 0) is 43.2 Å². The van der Waals surface area contributed by atoms with Crippen LogP contribution in [0.4, 0.5) is 17.2 Å². The van der Waals surface area contributed by atoms with Gasteiger partial charge in [-0.1, -0.05) is 24.3 Å². The number of fused-ring (bicyclic) bond motifs is 2. The van der Waals surface area contributed by atoms with E-state index in [1.54, 1.807) is 12.1 Å². The average Bonchev–Trinajstić information content (AvgIpc) is 3.19. The molecule has 4 heterocycles. The van der Waals surface area contributed by atoms with E-state index in [0.29, 0.717) is 35.8 Å². The van der Waals surface area contributed by atoms with Crippen LogP contribution in [0.15, 0.2) is 54.6 Å². The van der Waals surface area contributed by atoms with Crippen LogP contribution in [0.2, 0.25) is 0 Å². The van der Waals surface area contributed by atoms with Gasteiger partial charge in [0.15, 0.2) is 5.82 Å². The highest BCUT2D eigenvalue weighted by molar-refractivity contribution is 5.74. The molecular weight excluding hydrogens is 466 g/mol. The van der Waals surface area contributed by atoms with Gasteiger partial charge in [-0.3, -0.25) is 4.90 Å². The zero-order chi connectivity index (χ0) is 25.2. The second kappa shape index (κ2) is 10.4. The van der Waals surface area contributed by atoms with Crippen molar-refractivity contribution in [3.05, 3.63) is 54.6 Å². The van der Waals surface area contributed by atoms with Gasteiger partial charge < -0.3 is 30.7 Å². The third-order valence-electron chi connectivity index (χ3n) is 7.82. The highest BCUT2D eigenvalue weighted by atomic mass is 16.5. The van der Waals surface area contributed by atoms with Gasteiger partial charge in [0.25, 0.3) is 0 Å². The van der Waals surface area contributed by atoms with Crippen molar-refractivity contribution in [2.45, 2.75) is 24.9 Å². The molecule has 37 heavy (non-hydrogen) atoms. The van der Waals surface area contributed by atoms with Crippen molar-refractivity contribution in [2.75, 3.05) is 68.0 Å². The lowest BCUT2D eigenvalue weighted by Gasteiger charge is -2.44. The largest absolute Gasteiger partial charge is 0.507 e. The fraction of sp³-hybridized carbons (Fsp3) is 0.429. The molecule has 9 heteroatoms. The molecule has 1 aromatic heterocycles. The summed E-state index contributed by atoms with van der Waals surface area (Å²) in [4.78, 5) is 7.35. The molecule has 0 radical (unpaired) electrons. The van der Waals surface area contributed by atoms with Crippen LogP contribution in [0.3, 0.4) is 0 Å². The zero-order valence-electron chi connectivity index (χ0n) is 21.1. The van der Waals surface area contributed by atoms with Crippen molar-refractivity contribution in [3.8, 4) is 22.8 Å². The Bertz CT molecular complexity index is 1220. The van der Waals surface area contributed by atoms with Gasteiger partial charge in [0, 0.05) is 63.5 Å². The summed E-state index contributed by atoms with van der Waals surface area (Å²) in [5.41, 5.74) is 9.66. The summed E-state index contributed by atoms with van der Waals surface area (Å²) in [6.45, 7) is 7.60. The molecule has 3 saturated heterocycles. The van der Waals surface area contributed by atoms with Crippen LogP contribution < -0.4 is 25.6 Å². The van der Waals surface area contributed by atoms with Crippen molar-refractivity contribution in [1.29, 1.82) is 0 Å². The predicted molar refractivity (Wildman–Crippen MR) is 146 cm³/mol. The van der Waals surface area contributed by atoms with Gasteiger partial charge in [-0.15, -0.1) is 10.2 Å². The van der Waals surface area contributed by atoms with Crippen molar-refractivity contribution in [1.82, 2.24) is 20.4 Å². The van der Waals surface area contributed by atoms with E-state index >= 15 is 0 Å². The standard InChI is InChI=1S/C28H35N7O2/c29-28-25(17-23(31-32-28)22-5-1-3-7-26(22)36)34-18-20-9-10-21(19-34)35(20)24-6-2-4-8-27(24)37-16-15-33-13-11-30-12-14-33/h1-8,17,20-21,30,36H,9-16,18-19H2,(H2,29,32). The molecule has 3 aliphatic heterocycles. The number of nitrogens with one attached hydrogen (secondary N) is 1. The number of phenolic OH excluding ortho intramolecular Hbond substituents is 1. The number of phenols is 1. The predicted octanol–water partition coefficient (Wildman–Crippen LogP) is 2.57. The van der Waals surface area contributed by atoms with Crippen molar-refractivity contribution in [3.63, 3.8) is 0 Å². The van der Waals surface area contributed by atoms with E-state index in [9.17, 15) is 5.11 Å². The van der Waals surface area contributed by atoms with Crippen LogP contribution in [0.1, 0.15) is 12.8 Å². The van der Waals surface area contributed by atoms with E-state index in [4.69, 9.17) is 10.5 Å². The first kappa shape index (κ1) is 23.8. The number of ether oxygens (including phenoxy) is 1. The Morgan fingerprint density at radius 2 is 1.68 bits per heavy atom. The summed E-state index contributed by atoms with van der Waals surface area (Å²) in [7, 11) is 0. The van der Waals surface area contributed by atoms with Gasteiger partial charge in [0.05, 0.1) is 17.1 Å². The van der Waals surface area contributed by atoms with Crippen molar-refractivity contribution >= 4 is 17.2 Å².